The summed E-state index contributed by atoms with van der Waals surface area (Å²) in [5.41, 5.74) is 5.98. The zero-order valence-electron chi connectivity index (χ0n) is 10.6. The number of benzene rings is 1. The van der Waals surface area contributed by atoms with E-state index in [4.69, 9.17) is 0 Å². The Bertz CT molecular complexity index is 490. The number of nitrogens with zero attached hydrogens (tertiary/aromatic N) is 1. The summed E-state index contributed by atoms with van der Waals surface area (Å²) in [5, 5.41) is 5.72. The fourth-order valence-electron chi connectivity index (χ4n) is 2.78. The Kier molecular flexibility index (Phi) is 3.43. The molecule has 2 unspecified atom stereocenters. The first-order chi connectivity index (χ1) is 8.84. The number of aromatic nitrogens is 1. The molecule has 1 aromatic carbocycles. The van der Waals surface area contributed by atoms with Gasteiger partial charge in [0.25, 0.3) is 0 Å². The maximum absolute atomic E-state index is 4.52. The van der Waals surface area contributed by atoms with Gasteiger partial charge < -0.3 is 5.32 Å². The van der Waals surface area contributed by atoms with Gasteiger partial charge in [0, 0.05) is 23.8 Å². The average molecular weight is 258 g/mol. The Hall–Kier alpha value is -1.19. The Labute approximate surface area is 112 Å². The van der Waals surface area contributed by atoms with Gasteiger partial charge in [-0.2, -0.15) is 0 Å². The number of aryl methyl sites for hydroxylation is 1. The van der Waals surface area contributed by atoms with Gasteiger partial charge >= 0.3 is 0 Å². The molecule has 0 saturated carbocycles. The fourth-order valence-corrected chi connectivity index (χ4v) is 3.40. The molecule has 0 amide bonds. The topological polar surface area (TPSA) is 24.9 Å². The summed E-state index contributed by atoms with van der Waals surface area (Å²) in [7, 11) is 0. The van der Waals surface area contributed by atoms with Crippen molar-refractivity contribution in [3.05, 3.63) is 52.0 Å². The van der Waals surface area contributed by atoms with E-state index in [0.29, 0.717) is 11.8 Å². The van der Waals surface area contributed by atoms with Crippen LogP contribution >= 0.6 is 11.3 Å². The minimum Gasteiger partial charge on any atom is -0.316 e. The first-order valence-electron chi connectivity index (χ1n) is 6.50. The molecule has 2 nitrogen and oxygen atoms in total. The van der Waals surface area contributed by atoms with Crippen molar-refractivity contribution < 1.29 is 0 Å². The molecule has 1 aliphatic rings. The third-order valence-corrected chi connectivity index (χ3v) is 4.42. The summed E-state index contributed by atoms with van der Waals surface area (Å²) >= 11 is 1.70. The lowest BCUT2D eigenvalue weighted by atomic mass is 9.80. The molecule has 18 heavy (non-hydrogen) atoms. The first-order valence-corrected chi connectivity index (χ1v) is 7.44. The summed E-state index contributed by atoms with van der Waals surface area (Å²) in [5.74, 6) is 1.13. The molecule has 0 spiro atoms. The second-order valence-corrected chi connectivity index (χ2v) is 5.75. The number of nitrogens with one attached hydrogen (secondary N) is 1. The van der Waals surface area contributed by atoms with E-state index >= 15 is 0 Å². The van der Waals surface area contributed by atoms with Crippen molar-refractivity contribution in [1.29, 1.82) is 0 Å². The number of hydrogen-bond acceptors (Lipinski definition) is 3. The molecule has 2 heterocycles. The predicted molar refractivity (Wildman–Crippen MR) is 76.3 cm³/mol. The molecule has 0 bridgehead atoms. The molecule has 1 N–H and O–H groups in total. The van der Waals surface area contributed by atoms with Gasteiger partial charge in [-0.05, 0) is 25.5 Å². The third-order valence-electron chi connectivity index (χ3n) is 3.82. The molecule has 1 saturated heterocycles. The highest BCUT2D eigenvalue weighted by Crippen LogP contribution is 2.36. The smallest absolute Gasteiger partial charge is 0.0794 e. The van der Waals surface area contributed by atoms with Gasteiger partial charge in [-0.1, -0.05) is 29.8 Å². The monoisotopic (exact) mass is 258 g/mol. The van der Waals surface area contributed by atoms with Gasteiger partial charge in [0.1, 0.15) is 0 Å². The largest absolute Gasteiger partial charge is 0.316 e. The number of hydrogen-bond donors (Lipinski definition) is 1. The third kappa shape index (κ3) is 2.33. The minimum absolute atomic E-state index is 0.557. The molecule has 3 heteroatoms. The summed E-state index contributed by atoms with van der Waals surface area (Å²) in [6, 6.07) is 8.96. The lowest BCUT2D eigenvalue weighted by molar-refractivity contribution is 0.399. The zero-order valence-corrected chi connectivity index (χ0v) is 11.4. The number of piperidine rings is 1. The van der Waals surface area contributed by atoms with E-state index in [1.54, 1.807) is 11.3 Å². The van der Waals surface area contributed by atoms with Crippen LogP contribution in [-0.2, 0) is 0 Å². The van der Waals surface area contributed by atoms with Crippen LogP contribution in [-0.4, -0.2) is 18.1 Å². The van der Waals surface area contributed by atoms with Gasteiger partial charge in [0.2, 0.25) is 0 Å². The predicted octanol–water partition coefficient (Wildman–Crippen LogP) is 3.31. The van der Waals surface area contributed by atoms with Crippen LogP contribution in [0.4, 0.5) is 0 Å². The van der Waals surface area contributed by atoms with E-state index in [0.717, 1.165) is 13.1 Å². The summed E-state index contributed by atoms with van der Waals surface area (Å²) < 4.78 is 0. The maximum Gasteiger partial charge on any atom is 0.0794 e. The van der Waals surface area contributed by atoms with Crippen molar-refractivity contribution in [2.45, 2.75) is 25.2 Å². The van der Waals surface area contributed by atoms with Crippen molar-refractivity contribution in [1.82, 2.24) is 10.3 Å². The van der Waals surface area contributed by atoms with Gasteiger partial charge in [-0.25, -0.2) is 4.98 Å². The first kappa shape index (κ1) is 11.9. The highest BCUT2D eigenvalue weighted by atomic mass is 32.1. The van der Waals surface area contributed by atoms with Crippen LogP contribution < -0.4 is 5.32 Å². The average Bonchev–Trinajstić information content (AvgIpc) is 2.93. The normalized spacial score (nSPS) is 24.1. The van der Waals surface area contributed by atoms with Crippen LogP contribution in [0.1, 0.15) is 35.1 Å². The van der Waals surface area contributed by atoms with Crippen molar-refractivity contribution in [2.24, 2.45) is 0 Å². The molecule has 2 atom stereocenters. The number of rotatable bonds is 2. The van der Waals surface area contributed by atoms with Gasteiger partial charge in [-0.3, -0.25) is 0 Å². The highest BCUT2D eigenvalue weighted by molar-refractivity contribution is 7.07. The molecule has 1 fully saturated rings. The Morgan fingerprint density at radius 3 is 2.78 bits per heavy atom. The van der Waals surface area contributed by atoms with Crippen molar-refractivity contribution in [2.75, 3.05) is 13.1 Å². The van der Waals surface area contributed by atoms with Crippen LogP contribution in [0.5, 0.6) is 0 Å². The SMILES string of the molecule is Cc1ccc(C2CNCCC2c2cscn2)cc1. The van der Waals surface area contributed by atoms with E-state index in [2.05, 4.69) is 46.9 Å². The number of thiazole rings is 1. The van der Waals surface area contributed by atoms with Crippen LogP contribution in [0.15, 0.2) is 35.2 Å². The lowest BCUT2D eigenvalue weighted by Gasteiger charge is -2.31. The molecule has 0 radical (unpaired) electrons. The molecular formula is C15H18N2S. The summed E-state index contributed by atoms with van der Waals surface area (Å²) in [6.07, 6.45) is 1.18. The molecule has 0 aliphatic carbocycles. The van der Waals surface area contributed by atoms with E-state index in [-0.39, 0.29) is 0 Å². The highest BCUT2D eigenvalue weighted by Gasteiger charge is 2.28. The van der Waals surface area contributed by atoms with Crippen LogP contribution in [0, 0.1) is 6.92 Å². The lowest BCUT2D eigenvalue weighted by Crippen LogP contribution is -2.34. The van der Waals surface area contributed by atoms with Gasteiger partial charge in [-0.15, -0.1) is 11.3 Å². The Morgan fingerprint density at radius 1 is 1.22 bits per heavy atom. The van der Waals surface area contributed by atoms with Crippen molar-refractivity contribution in [3.8, 4) is 0 Å². The molecule has 1 aromatic heterocycles. The van der Waals surface area contributed by atoms with Crippen molar-refractivity contribution >= 4 is 11.3 Å². The van der Waals surface area contributed by atoms with Crippen molar-refractivity contribution in [3.63, 3.8) is 0 Å². The van der Waals surface area contributed by atoms with E-state index in [1.807, 2.05) is 5.51 Å². The molecule has 1 aliphatic heterocycles. The van der Waals surface area contributed by atoms with E-state index in [1.165, 1.54) is 23.2 Å². The van der Waals surface area contributed by atoms with Crippen LogP contribution in [0.3, 0.4) is 0 Å². The fraction of sp³-hybridized carbons (Fsp3) is 0.400. The van der Waals surface area contributed by atoms with Crippen LogP contribution in [0.2, 0.25) is 0 Å². The maximum atomic E-state index is 4.52. The Morgan fingerprint density at radius 2 is 2.06 bits per heavy atom. The Balaban J connectivity index is 1.90. The van der Waals surface area contributed by atoms with Crippen LogP contribution in [0.25, 0.3) is 0 Å². The van der Waals surface area contributed by atoms with E-state index in [9.17, 15) is 0 Å². The second kappa shape index (κ2) is 5.21. The molecule has 2 aromatic rings. The molecule has 94 valence electrons. The van der Waals surface area contributed by atoms with E-state index < -0.39 is 0 Å². The molecule has 3 rings (SSSR count). The second-order valence-electron chi connectivity index (χ2n) is 5.03. The molecular weight excluding hydrogens is 240 g/mol. The van der Waals surface area contributed by atoms with Gasteiger partial charge in [0.05, 0.1) is 11.2 Å². The van der Waals surface area contributed by atoms with Gasteiger partial charge in [0.15, 0.2) is 0 Å². The minimum atomic E-state index is 0.557. The quantitative estimate of drug-likeness (QED) is 0.894. The standard InChI is InChI=1S/C15H18N2S/c1-11-2-4-12(5-3-11)14-8-16-7-6-13(14)15-9-18-10-17-15/h2-5,9-10,13-14,16H,6-8H2,1H3. The zero-order chi connectivity index (χ0) is 12.4. The summed E-state index contributed by atoms with van der Waals surface area (Å²) in [6.45, 7) is 4.30. The summed E-state index contributed by atoms with van der Waals surface area (Å²) in [4.78, 5) is 4.52.